The lowest BCUT2D eigenvalue weighted by atomic mass is 10.00. The van der Waals surface area contributed by atoms with Crippen molar-refractivity contribution in [1.29, 1.82) is 0 Å². The molecule has 0 aromatic carbocycles. The zero-order valence-electron chi connectivity index (χ0n) is 21.6. The second-order valence-electron chi connectivity index (χ2n) is 8.99. The molecular formula is C21H35FN3O12P. The van der Waals surface area contributed by atoms with Crippen molar-refractivity contribution in [2.45, 2.75) is 77.6 Å². The van der Waals surface area contributed by atoms with Crippen molar-refractivity contribution in [1.82, 2.24) is 14.6 Å². The first-order chi connectivity index (χ1) is 17.8. The number of hydrogen-bond donors (Lipinski definition) is 4. The lowest BCUT2D eigenvalue weighted by Gasteiger charge is -2.27. The van der Waals surface area contributed by atoms with Crippen LogP contribution in [0, 0.1) is 5.92 Å². The second-order valence-corrected chi connectivity index (χ2v) is 10.8. The van der Waals surface area contributed by atoms with Crippen LogP contribution in [0.15, 0.2) is 21.9 Å². The van der Waals surface area contributed by atoms with Gasteiger partial charge in [0.25, 0.3) is 5.56 Å². The van der Waals surface area contributed by atoms with E-state index in [2.05, 4.69) is 5.09 Å². The first-order valence-electron chi connectivity index (χ1n) is 11.8. The first-order valence-corrected chi connectivity index (χ1v) is 13.4. The number of aliphatic hydroxyl groups excluding tert-OH is 2. The Hall–Kier alpha value is -2.17. The Morgan fingerprint density at radius 3 is 2.50 bits per heavy atom. The maximum atomic E-state index is 13.8. The Kier molecular flexibility index (Phi) is 12.0. The highest BCUT2D eigenvalue weighted by atomic mass is 31.2. The number of ether oxygens (including phenoxy) is 4. The average Bonchev–Trinajstić information content (AvgIpc) is 3.11. The number of nitrogens with zero attached hydrogens (tertiary/aromatic N) is 1. The quantitative estimate of drug-likeness (QED) is 0.139. The largest absolute Gasteiger partial charge is 0.510 e. The number of carbonyl (C=O) groups excluding carboxylic acids is 1. The summed E-state index contributed by atoms with van der Waals surface area (Å²) in [4.78, 5) is 37.1. The van der Waals surface area contributed by atoms with Crippen molar-refractivity contribution in [3.8, 4) is 0 Å². The third-order valence-corrected chi connectivity index (χ3v) is 6.83. The van der Waals surface area contributed by atoms with Gasteiger partial charge in [-0.05, 0) is 34.6 Å². The highest BCUT2D eigenvalue weighted by Gasteiger charge is 2.46. The number of rotatable bonds is 14. The molecule has 2 rings (SSSR count). The Morgan fingerprint density at radius 2 is 1.92 bits per heavy atom. The molecule has 1 fully saturated rings. The van der Waals surface area contributed by atoms with Crippen molar-refractivity contribution in [3.63, 3.8) is 0 Å². The number of aromatic nitrogens is 2. The van der Waals surface area contributed by atoms with Gasteiger partial charge in [-0.2, -0.15) is 0 Å². The van der Waals surface area contributed by atoms with E-state index in [0.717, 1.165) is 16.8 Å². The minimum absolute atomic E-state index is 0.378. The van der Waals surface area contributed by atoms with Gasteiger partial charge in [-0.3, -0.25) is 27.8 Å². The van der Waals surface area contributed by atoms with Crippen molar-refractivity contribution >= 4 is 13.9 Å². The zero-order valence-corrected chi connectivity index (χ0v) is 22.5. The highest BCUT2D eigenvalue weighted by molar-refractivity contribution is 7.51. The third kappa shape index (κ3) is 9.24. The zero-order chi connectivity index (χ0) is 28.6. The van der Waals surface area contributed by atoms with Crippen molar-refractivity contribution in [3.05, 3.63) is 33.1 Å². The van der Waals surface area contributed by atoms with Crippen LogP contribution in [-0.2, 0) is 32.6 Å². The van der Waals surface area contributed by atoms with Gasteiger partial charge < -0.3 is 29.2 Å². The molecule has 0 bridgehead atoms. The molecule has 0 spiro atoms. The Bertz CT molecular complexity index is 1070. The van der Waals surface area contributed by atoms with Gasteiger partial charge in [0.05, 0.1) is 37.6 Å². The fourth-order valence-electron chi connectivity index (χ4n) is 3.37. The van der Waals surface area contributed by atoms with E-state index < -0.39 is 88.0 Å². The summed E-state index contributed by atoms with van der Waals surface area (Å²) < 4.78 is 59.0. The van der Waals surface area contributed by atoms with Gasteiger partial charge in [0.15, 0.2) is 12.5 Å². The van der Waals surface area contributed by atoms with Crippen LogP contribution in [0.2, 0.25) is 0 Å². The highest BCUT2D eigenvalue weighted by Crippen LogP contribution is 2.46. The lowest BCUT2D eigenvalue weighted by Crippen LogP contribution is -2.40. The van der Waals surface area contributed by atoms with E-state index in [-0.39, 0.29) is 6.10 Å². The molecule has 15 nitrogen and oxygen atoms in total. The summed E-state index contributed by atoms with van der Waals surface area (Å²) in [6.07, 6.45) is -6.46. The number of aliphatic hydroxyl groups is 2. The molecule has 0 aliphatic carbocycles. The van der Waals surface area contributed by atoms with E-state index in [1.54, 1.807) is 27.7 Å². The molecule has 7 atom stereocenters. The summed E-state index contributed by atoms with van der Waals surface area (Å²) in [6, 6.07) is -0.00103. The topological polar surface area (TPSA) is 197 Å². The van der Waals surface area contributed by atoms with Crippen LogP contribution in [0.4, 0.5) is 9.18 Å². The van der Waals surface area contributed by atoms with Crippen molar-refractivity contribution < 1.29 is 52.0 Å². The lowest BCUT2D eigenvalue weighted by molar-refractivity contribution is -0.138. The molecule has 17 heteroatoms. The van der Waals surface area contributed by atoms with Gasteiger partial charge in [-0.25, -0.2) is 19.2 Å². The van der Waals surface area contributed by atoms with E-state index in [1.165, 1.54) is 6.92 Å². The van der Waals surface area contributed by atoms with Crippen LogP contribution >= 0.6 is 7.75 Å². The van der Waals surface area contributed by atoms with Gasteiger partial charge in [0.1, 0.15) is 6.10 Å². The first kappa shape index (κ1) is 32.0. The molecule has 0 saturated carbocycles. The standard InChI is InChI=1S/C21H35FN3O12P/c1-11(2)35-19(28)13(5)24-38(31,34-10-32-21(30)36-12(3)4)33-9-15-14(8-22)17(27)18(37-15)25-7-6-16(26)23-20(25)29/h6-7,11-15,17-19,27-28H,8-10H2,1-5H3,(H,24,31)(H,23,26,29). The fourth-order valence-corrected chi connectivity index (χ4v) is 4.75. The Labute approximate surface area is 217 Å². The summed E-state index contributed by atoms with van der Waals surface area (Å²) in [5, 5.41) is 23.2. The molecule has 1 aromatic rings. The summed E-state index contributed by atoms with van der Waals surface area (Å²) in [5.41, 5.74) is -1.57. The molecule has 0 radical (unpaired) electrons. The molecule has 38 heavy (non-hydrogen) atoms. The fraction of sp³-hybridized carbons (Fsp3) is 0.762. The van der Waals surface area contributed by atoms with Gasteiger partial charge >= 0.3 is 19.6 Å². The van der Waals surface area contributed by atoms with E-state index in [1.807, 2.05) is 4.98 Å². The normalized spacial score (nSPS) is 24.8. The van der Waals surface area contributed by atoms with Gasteiger partial charge in [0.2, 0.25) is 6.79 Å². The average molecular weight is 571 g/mol. The van der Waals surface area contributed by atoms with E-state index >= 15 is 0 Å². The van der Waals surface area contributed by atoms with Crippen molar-refractivity contribution in [2.24, 2.45) is 5.92 Å². The maximum Gasteiger partial charge on any atom is 0.510 e. The molecule has 4 N–H and O–H groups in total. The SMILES string of the molecule is CC(C)OC(=O)OCOP(=O)(NC(C)C(O)OC(C)C)OCC1OC(n2ccc(=O)[nH]c2=O)C(O)C1CF. The number of H-pyrrole nitrogens is 1. The smallest absolute Gasteiger partial charge is 0.432 e. The minimum Gasteiger partial charge on any atom is -0.432 e. The molecule has 1 aliphatic rings. The summed E-state index contributed by atoms with van der Waals surface area (Å²) in [6.45, 7) is 5.33. The molecule has 0 amide bonds. The molecule has 1 aromatic heterocycles. The van der Waals surface area contributed by atoms with Crippen molar-refractivity contribution in [2.75, 3.05) is 20.1 Å². The third-order valence-electron chi connectivity index (χ3n) is 5.17. The predicted molar refractivity (Wildman–Crippen MR) is 128 cm³/mol. The number of nitrogens with one attached hydrogen (secondary N) is 2. The second kappa shape index (κ2) is 14.3. The van der Waals surface area contributed by atoms with Crippen LogP contribution in [0.25, 0.3) is 0 Å². The van der Waals surface area contributed by atoms with Crippen LogP contribution < -0.4 is 16.3 Å². The number of hydrogen-bond acceptors (Lipinski definition) is 12. The number of carbonyl (C=O) groups is 1. The van der Waals surface area contributed by atoms with Crippen LogP contribution in [0.5, 0.6) is 0 Å². The number of aromatic amines is 1. The number of alkyl halides is 1. The summed E-state index contributed by atoms with van der Waals surface area (Å²) in [5.74, 6) is -1.21. The van der Waals surface area contributed by atoms with Crippen LogP contribution in [0.1, 0.15) is 40.8 Å². The monoisotopic (exact) mass is 571 g/mol. The van der Waals surface area contributed by atoms with Gasteiger partial charge in [-0.1, -0.05) is 0 Å². The van der Waals surface area contributed by atoms with Crippen LogP contribution in [0.3, 0.4) is 0 Å². The maximum absolute atomic E-state index is 13.8. The summed E-state index contributed by atoms with van der Waals surface area (Å²) in [7, 11) is -4.40. The van der Waals surface area contributed by atoms with E-state index in [0.29, 0.717) is 0 Å². The van der Waals surface area contributed by atoms with E-state index in [9.17, 15) is 33.6 Å². The number of halogens is 1. The summed E-state index contributed by atoms with van der Waals surface area (Å²) >= 11 is 0. The molecule has 1 aliphatic heterocycles. The molecule has 218 valence electrons. The molecule has 2 heterocycles. The predicted octanol–water partition coefficient (Wildman–Crippen LogP) is 0.763. The Morgan fingerprint density at radius 1 is 1.24 bits per heavy atom. The Balaban J connectivity index is 2.15. The van der Waals surface area contributed by atoms with Gasteiger partial charge in [0, 0.05) is 18.2 Å². The molecule has 1 saturated heterocycles. The molecular weight excluding hydrogens is 536 g/mol. The minimum atomic E-state index is -4.40. The molecule has 7 unspecified atom stereocenters. The van der Waals surface area contributed by atoms with E-state index in [4.69, 9.17) is 28.0 Å². The van der Waals surface area contributed by atoms with Gasteiger partial charge in [-0.15, -0.1) is 0 Å². The van der Waals surface area contributed by atoms with Crippen LogP contribution in [-0.4, -0.2) is 82.7 Å².